The molecule has 1 unspecified atom stereocenters. The van der Waals surface area contributed by atoms with Gasteiger partial charge in [-0.05, 0) is 32.3 Å². The monoisotopic (exact) mass is 316 g/mol. The van der Waals surface area contributed by atoms with Gasteiger partial charge >= 0.3 is 0 Å². The van der Waals surface area contributed by atoms with E-state index in [-0.39, 0.29) is 11.9 Å². The molecule has 2 rings (SSSR count). The van der Waals surface area contributed by atoms with Gasteiger partial charge in [0.1, 0.15) is 5.01 Å². The van der Waals surface area contributed by atoms with Gasteiger partial charge in [0.2, 0.25) is 5.91 Å². The molecule has 1 amide bonds. The van der Waals surface area contributed by atoms with Gasteiger partial charge in [-0.25, -0.2) is 4.98 Å². The molecule has 118 valence electrons. The molecule has 1 N–H and O–H groups in total. The van der Waals surface area contributed by atoms with Gasteiger partial charge in [-0.3, -0.25) is 4.79 Å². The van der Waals surface area contributed by atoms with E-state index in [0.29, 0.717) is 12.3 Å². The predicted molar refractivity (Wildman–Crippen MR) is 93.2 cm³/mol. The highest BCUT2D eigenvalue weighted by atomic mass is 32.1. The number of aryl methyl sites for hydroxylation is 2. The molecule has 0 saturated carbocycles. The summed E-state index contributed by atoms with van der Waals surface area (Å²) in [6.45, 7) is 10.4. The Balaban J connectivity index is 2.07. The van der Waals surface area contributed by atoms with Gasteiger partial charge in [-0.2, -0.15) is 0 Å². The molecule has 3 nitrogen and oxygen atoms in total. The first-order chi connectivity index (χ1) is 10.4. The Hall–Kier alpha value is -1.68. The second-order valence-electron chi connectivity index (χ2n) is 6.24. The van der Waals surface area contributed by atoms with E-state index in [1.807, 2.05) is 12.3 Å². The van der Waals surface area contributed by atoms with Gasteiger partial charge in [0, 0.05) is 17.0 Å². The van der Waals surface area contributed by atoms with Crippen molar-refractivity contribution in [3.05, 3.63) is 40.4 Å². The van der Waals surface area contributed by atoms with Crippen molar-refractivity contribution in [2.45, 2.75) is 47.1 Å². The predicted octanol–water partition coefficient (Wildman–Crippen LogP) is 4.13. The van der Waals surface area contributed by atoms with Crippen LogP contribution in [0.15, 0.2) is 23.6 Å². The minimum Gasteiger partial charge on any atom is -0.353 e. The lowest BCUT2D eigenvalue weighted by Gasteiger charge is -2.16. The van der Waals surface area contributed by atoms with E-state index in [9.17, 15) is 4.79 Å². The Bertz CT molecular complexity index is 661. The van der Waals surface area contributed by atoms with E-state index in [1.165, 1.54) is 11.1 Å². The molecule has 4 heteroatoms. The first kappa shape index (κ1) is 16.7. The summed E-state index contributed by atoms with van der Waals surface area (Å²) < 4.78 is 0. The van der Waals surface area contributed by atoms with Crippen LogP contribution in [0.3, 0.4) is 0 Å². The topological polar surface area (TPSA) is 42.0 Å². The Labute approximate surface area is 136 Å². The van der Waals surface area contributed by atoms with Crippen LogP contribution in [0, 0.1) is 19.8 Å². The number of carbonyl (C=O) groups excluding carboxylic acids is 1. The highest BCUT2D eigenvalue weighted by molar-refractivity contribution is 7.13. The summed E-state index contributed by atoms with van der Waals surface area (Å²) in [4.78, 5) is 16.7. The van der Waals surface area contributed by atoms with Gasteiger partial charge in [0.05, 0.1) is 12.1 Å². The molecule has 0 saturated heterocycles. The average molecular weight is 316 g/mol. The number of hydrogen-bond donors (Lipinski definition) is 1. The molecule has 0 fully saturated rings. The van der Waals surface area contributed by atoms with Crippen molar-refractivity contribution in [2.75, 3.05) is 0 Å². The Morgan fingerprint density at radius 2 is 2.00 bits per heavy atom. The number of nitrogens with one attached hydrogen (secondary N) is 1. The van der Waals surface area contributed by atoms with Crippen LogP contribution in [-0.2, 0) is 11.2 Å². The number of nitrogens with zero attached hydrogens (tertiary/aromatic N) is 1. The maximum Gasteiger partial charge on any atom is 0.226 e. The van der Waals surface area contributed by atoms with Crippen molar-refractivity contribution in [1.29, 1.82) is 0 Å². The lowest BCUT2D eigenvalue weighted by molar-refractivity contribution is -0.121. The van der Waals surface area contributed by atoms with Crippen molar-refractivity contribution < 1.29 is 4.79 Å². The van der Waals surface area contributed by atoms with Crippen LogP contribution in [0.1, 0.15) is 37.6 Å². The second kappa shape index (κ2) is 7.05. The van der Waals surface area contributed by atoms with E-state index in [4.69, 9.17) is 0 Å². The number of amides is 1. The molecule has 1 aromatic heterocycles. The fourth-order valence-electron chi connectivity index (χ4n) is 2.20. The largest absolute Gasteiger partial charge is 0.353 e. The lowest BCUT2D eigenvalue weighted by atomic mass is 10.1. The van der Waals surface area contributed by atoms with Crippen LogP contribution in [0.4, 0.5) is 0 Å². The van der Waals surface area contributed by atoms with Gasteiger partial charge in [0.15, 0.2) is 0 Å². The molecular weight excluding hydrogens is 292 g/mol. The van der Waals surface area contributed by atoms with E-state index in [0.717, 1.165) is 16.3 Å². The van der Waals surface area contributed by atoms with Crippen LogP contribution < -0.4 is 5.32 Å². The molecule has 0 aliphatic heterocycles. The smallest absolute Gasteiger partial charge is 0.226 e. The van der Waals surface area contributed by atoms with E-state index in [1.54, 1.807) is 11.3 Å². The molecule has 0 bridgehead atoms. The summed E-state index contributed by atoms with van der Waals surface area (Å²) in [5.74, 6) is 0.476. The maximum atomic E-state index is 12.0. The van der Waals surface area contributed by atoms with E-state index >= 15 is 0 Å². The molecule has 1 aromatic carbocycles. The molecule has 0 aliphatic carbocycles. The summed E-state index contributed by atoms with van der Waals surface area (Å²) in [7, 11) is 0. The number of rotatable bonds is 5. The van der Waals surface area contributed by atoms with Gasteiger partial charge in [-0.15, -0.1) is 11.3 Å². The number of hydrogen-bond acceptors (Lipinski definition) is 3. The van der Waals surface area contributed by atoms with Gasteiger partial charge < -0.3 is 5.32 Å². The minimum absolute atomic E-state index is 0.0404. The highest BCUT2D eigenvalue weighted by Gasteiger charge is 2.14. The van der Waals surface area contributed by atoms with Crippen molar-refractivity contribution in [2.24, 2.45) is 5.92 Å². The fraction of sp³-hybridized carbons (Fsp3) is 0.444. The fourth-order valence-corrected chi connectivity index (χ4v) is 3.11. The highest BCUT2D eigenvalue weighted by Crippen LogP contribution is 2.27. The summed E-state index contributed by atoms with van der Waals surface area (Å²) in [5.41, 5.74) is 4.46. The zero-order valence-electron chi connectivity index (χ0n) is 13.9. The SMILES string of the molecule is Cc1ccc(-c2nc(CC(=O)NC(C)C(C)C)cs2)c(C)c1. The first-order valence-electron chi connectivity index (χ1n) is 7.68. The third kappa shape index (κ3) is 4.17. The van der Waals surface area contributed by atoms with E-state index in [2.05, 4.69) is 56.2 Å². The maximum absolute atomic E-state index is 12.0. The van der Waals surface area contributed by atoms with Crippen molar-refractivity contribution in [3.8, 4) is 10.6 Å². The molecule has 0 radical (unpaired) electrons. The Morgan fingerprint density at radius 3 is 2.64 bits per heavy atom. The summed E-state index contributed by atoms with van der Waals surface area (Å²) in [6, 6.07) is 6.55. The lowest BCUT2D eigenvalue weighted by Crippen LogP contribution is -2.37. The molecule has 1 atom stereocenters. The third-order valence-corrected chi connectivity index (χ3v) is 4.82. The van der Waals surface area contributed by atoms with Crippen LogP contribution in [0.25, 0.3) is 10.6 Å². The minimum atomic E-state index is 0.0404. The standard InChI is InChI=1S/C18H24N2OS/c1-11(2)14(5)19-17(21)9-15-10-22-18(20-15)16-7-6-12(3)8-13(16)4/h6-8,10-11,14H,9H2,1-5H3,(H,19,21). The third-order valence-electron chi connectivity index (χ3n) is 3.89. The normalized spacial score (nSPS) is 12.5. The number of carbonyl (C=O) groups is 1. The van der Waals surface area contributed by atoms with Gasteiger partial charge in [-0.1, -0.05) is 37.6 Å². The van der Waals surface area contributed by atoms with Crippen LogP contribution >= 0.6 is 11.3 Å². The zero-order chi connectivity index (χ0) is 16.3. The molecule has 1 heterocycles. The zero-order valence-corrected chi connectivity index (χ0v) is 14.8. The molecule has 22 heavy (non-hydrogen) atoms. The quantitative estimate of drug-likeness (QED) is 0.901. The average Bonchev–Trinajstić information content (AvgIpc) is 2.86. The van der Waals surface area contributed by atoms with Crippen LogP contribution in [-0.4, -0.2) is 16.9 Å². The van der Waals surface area contributed by atoms with Crippen molar-refractivity contribution in [3.63, 3.8) is 0 Å². The van der Waals surface area contributed by atoms with Crippen LogP contribution in [0.5, 0.6) is 0 Å². The Morgan fingerprint density at radius 1 is 1.27 bits per heavy atom. The summed E-state index contributed by atoms with van der Waals surface area (Å²) in [5, 5.41) is 5.99. The molecule has 0 spiro atoms. The first-order valence-corrected chi connectivity index (χ1v) is 8.56. The van der Waals surface area contributed by atoms with Gasteiger partial charge in [0.25, 0.3) is 0 Å². The summed E-state index contributed by atoms with van der Waals surface area (Å²) >= 11 is 1.60. The van der Waals surface area contributed by atoms with Crippen molar-refractivity contribution in [1.82, 2.24) is 10.3 Å². The molecule has 0 aliphatic rings. The van der Waals surface area contributed by atoms with E-state index < -0.39 is 0 Å². The van der Waals surface area contributed by atoms with Crippen molar-refractivity contribution >= 4 is 17.2 Å². The number of benzene rings is 1. The molecular formula is C18H24N2OS. The second-order valence-corrected chi connectivity index (χ2v) is 7.10. The van der Waals surface area contributed by atoms with Crippen LogP contribution in [0.2, 0.25) is 0 Å². The number of thiazole rings is 1. The Kier molecular flexibility index (Phi) is 5.35. The molecule has 2 aromatic rings. The summed E-state index contributed by atoms with van der Waals surface area (Å²) in [6.07, 6.45) is 0.346. The number of aromatic nitrogens is 1.